The molecule has 3 aromatic rings. The van der Waals surface area contributed by atoms with Gasteiger partial charge in [0.1, 0.15) is 4.64 Å². The van der Waals surface area contributed by atoms with Crippen molar-refractivity contribution >= 4 is 24.0 Å². The van der Waals surface area contributed by atoms with E-state index in [0.29, 0.717) is 0 Å². The lowest BCUT2D eigenvalue weighted by Gasteiger charge is -1.79. The summed E-state index contributed by atoms with van der Waals surface area (Å²) in [7, 11) is 0. The Labute approximate surface area is 126 Å². The summed E-state index contributed by atoms with van der Waals surface area (Å²) in [6.45, 7) is 2.09. The predicted octanol–water partition coefficient (Wildman–Crippen LogP) is 3.18. The quantitative estimate of drug-likeness (QED) is 0.432. The molecule has 3 heterocycles. The number of aromatic nitrogens is 6. The fourth-order valence-electron chi connectivity index (χ4n) is 1.11. The Balaban J connectivity index is 0.000000151. The molecule has 6 nitrogen and oxygen atoms in total. The molecule has 0 spiro atoms. The van der Waals surface area contributed by atoms with Gasteiger partial charge in [0, 0.05) is 24.3 Å². The van der Waals surface area contributed by atoms with Gasteiger partial charge < -0.3 is 5.10 Å². The molecule has 0 saturated heterocycles. The number of rotatable bonds is 2. The summed E-state index contributed by atoms with van der Waals surface area (Å²) in [5.41, 5.74) is 1.19. The van der Waals surface area contributed by atoms with Crippen LogP contribution in [0.15, 0.2) is 41.8 Å². The smallest absolute Gasteiger partial charge is 0.119 e. The van der Waals surface area contributed by atoms with Crippen LogP contribution >= 0.6 is 24.0 Å². The molecule has 0 radical (unpaired) electrons. The first kappa shape index (κ1) is 16.3. The summed E-state index contributed by atoms with van der Waals surface area (Å²) in [6, 6.07) is 5.69. The number of hydrogen-bond donors (Lipinski definition) is 4. The molecule has 0 fully saturated rings. The molecule has 0 bridgehead atoms. The molecule has 0 unspecified atom stereocenters. The van der Waals surface area contributed by atoms with Crippen molar-refractivity contribution in [2.24, 2.45) is 0 Å². The molecule has 0 aliphatic carbocycles. The number of hydrogen-bond acceptors (Lipinski definition) is 4. The maximum absolute atomic E-state index is 4.66. The van der Waals surface area contributed by atoms with Crippen LogP contribution in [0.2, 0.25) is 0 Å². The SMILES string of the molecule is CCc1ccn[nH]1.CSc1ccn[nH]1.S=c1cc[nH][nH]1. The van der Waals surface area contributed by atoms with Crippen molar-refractivity contribution in [1.29, 1.82) is 0 Å². The van der Waals surface area contributed by atoms with E-state index in [9.17, 15) is 0 Å². The molecule has 0 aliphatic rings. The highest BCUT2D eigenvalue weighted by Gasteiger charge is 1.83. The maximum atomic E-state index is 4.66. The van der Waals surface area contributed by atoms with E-state index in [1.165, 1.54) is 5.69 Å². The van der Waals surface area contributed by atoms with E-state index < -0.39 is 0 Å². The first-order valence-corrected chi connectivity index (χ1v) is 7.63. The third-order valence-electron chi connectivity index (χ3n) is 2.15. The van der Waals surface area contributed by atoms with Crippen LogP contribution in [0.4, 0.5) is 0 Å². The van der Waals surface area contributed by atoms with Crippen molar-refractivity contribution in [3.05, 3.63) is 47.1 Å². The third kappa shape index (κ3) is 6.95. The van der Waals surface area contributed by atoms with Gasteiger partial charge in [-0.05, 0) is 30.9 Å². The molecule has 3 aromatic heterocycles. The largest absolute Gasteiger partial charge is 0.307 e. The predicted molar refractivity (Wildman–Crippen MR) is 84.3 cm³/mol. The number of aryl methyl sites for hydroxylation is 1. The highest BCUT2D eigenvalue weighted by Crippen LogP contribution is 2.06. The molecule has 4 N–H and O–H groups in total. The Morgan fingerprint density at radius 2 is 1.90 bits per heavy atom. The topological polar surface area (TPSA) is 88.9 Å². The molecule has 3 rings (SSSR count). The summed E-state index contributed by atoms with van der Waals surface area (Å²) >= 11 is 6.32. The Bertz CT molecular complexity index is 531. The van der Waals surface area contributed by atoms with E-state index in [1.807, 2.05) is 18.4 Å². The summed E-state index contributed by atoms with van der Waals surface area (Å²) in [4.78, 5) is 0. The van der Waals surface area contributed by atoms with Crippen molar-refractivity contribution in [2.75, 3.05) is 6.26 Å². The third-order valence-corrected chi connectivity index (χ3v) is 3.05. The summed E-state index contributed by atoms with van der Waals surface area (Å²) in [5.74, 6) is 0. The molecule has 0 saturated carbocycles. The highest BCUT2D eigenvalue weighted by atomic mass is 32.2. The molecule has 108 valence electrons. The standard InChI is InChI=1S/C5H8N2.C4H6N2S.C3H4N2S/c1-2-5-3-4-6-7-5;1-7-4-2-3-5-6-4;6-3-1-2-4-5-3/h3-4H,2H2,1H3,(H,6,7);2-3H,1H3,(H,5,6);1-2H,(H2,4,5,6). The summed E-state index contributed by atoms with van der Waals surface area (Å²) in [6.07, 6.45) is 8.31. The zero-order chi connectivity index (χ0) is 14.6. The molecule has 8 heteroatoms. The first-order chi connectivity index (χ1) is 9.76. The second-order valence-electron chi connectivity index (χ2n) is 3.53. The van der Waals surface area contributed by atoms with Gasteiger partial charge in [-0.15, -0.1) is 11.8 Å². The van der Waals surface area contributed by atoms with E-state index in [2.05, 4.69) is 49.7 Å². The fraction of sp³-hybridized carbons (Fsp3) is 0.250. The average molecular weight is 310 g/mol. The average Bonchev–Trinajstić information content (AvgIpc) is 3.23. The van der Waals surface area contributed by atoms with Crippen LogP contribution in [0.5, 0.6) is 0 Å². The first-order valence-electron chi connectivity index (χ1n) is 6.00. The summed E-state index contributed by atoms with van der Waals surface area (Å²) in [5, 5.41) is 19.7. The minimum absolute atomic E-state index is 0.745. The summed E-state index contributed by atoms with van der Waals surface area (Å²) < 4.78 is 0.745. The van der Waals surface area contributed by atoms with E-state index >= 15 is 0 Å². The van der Waals surface area contributed by atoms with Gasteiger partial charge in [0.25, 0.3) is 0 Å². The fourth-order valence-corrected chi connectivity index (χ4v) is 1.58. The zero-order valence-electron chi connectivity index (χ0n) is 11.4. The minimum atomic E-state index is 0.745. The molecule has 0 amide bonds. The van der Waals surface area contributed by atoms with Gasteiger partial charge in [0.05, 0.1) is 5.03 Å². The van der Waals surface area contributed by atoms with Crippen molar-refractivity contribution in [3.8, 4) is 0 Å². The van der Waals surface area contributed by atoms with E-state index in [-0.39, 0.29) is 0 Å². The van der Waals surface area contributed by atoms with Gasteiger partial charge in [0.15, 0.2) is 0 Å². The second kappa shape index (κ2) is 10.0. The lowest BCUT2D eigenvalue weighted by Crippen LogP contribution is -1.75. The van der Waals surface area contributed by atoms with E-state index in [4.69, 9.17) is 0 Å². The normalized spacial score (nSPS) is 9.10. The number of aromatic amines is 4. The zero-order valence-corrected chi connectivity index (χ0v) is 13.0. The molecule has 0 aliphatic heterocycles. The van der Waals surface area contributed by atoms with Crippen LogP contribution in [0.1, 0.15) is 12.6 Å². The second-order valence-corrected chi connectivity index (χ2v) is 4.82. The van der Waals surface area contributed by atoms with Crippen LogP contribution in [0.3, 0.4) is 0 Å². The highest BCUT2D eigenvalue weighted by molar-refractivity contribution is 7.98. The number of nitrogens with zero attached hydrogens (tertiary/aromatic N) is 2. The number of thioether (sulfide) groups is 1. The lowest BCUT2D eigenvalue weighted by atomic mass is 10.4. The molecular formula is C12H18N6S2. The van der Waals surface area contributed by atoms with Crippen molar-refractivity contribution in [3.63, 3.8) is 0 Å². The Morgan fingerprint density at radius 3 is 2.15 bits per heavy atom. The van der Waals surface area contributed by atoms with Crippen LogP contribution < -0.4 is 0 Å². The van der Waals surface area contributed by atoms with Gasteiger partial charge in [-0.2, -0.15) is 10.2 Å². The van der Waals surface area contributed by atoms with E-state index in [1.54, 1.807) is 36.4 Å². The van der Waals surface area contributed by atoms with Gasteiger partial charge in [-0.3, -0.25) is 15.3 Å². The Hall–Kier alpha value is -1.80. The molecular weight excluding hydrogens is 292 g/mol. The molecule has 20 heavy (non-hydrogen) atoms. The van der Waals surface area contributed by atoms with Gasteiger partial charge in [-0.25, -0.2) is 0 Å². The van der Waals surface area contributed by atoms with Crippen LogP contribution in [-0.4, -0.2) is 36.8 Å². The molecule has 0 aromatic carbocycles. The number of nitrogens with one attached hydrogen (secondary N) is 4. The van der Waals surface area contributed by atoms with Crippen molar-refractivity contribution < 1.29 is 0 Å². The van der Waals surface area contributed by atoms with Crippen LogP contribution in [0, 0.1) is 4.64 Å². The van der Waals surface area contributed by atoms with E-state index in [0.717, 1.165) is 16.1 Å². The van der Waals surface area contributed by atoms with Crippen LogP contribution in [0.25, 0.3) is 0 Å². The van der Waals surface area contributed by atoms with Crippen molar-refractivity contribution in [2.45, 2.75) is 18.4 Å². The Kier molecular flexibility index (Phi) is 8.16. The van der Waals surface area contributed by atoms with Crippen molar-refractivity contribution in [1.82, 2.24) is 30.6 Å². The maximum Gasteiger partial charge on any atom is 0.119 e. The van der Waals surface area contributed by atoms with Gasteiger partial charge in [-0.1, -0.05) is 19.1 Å². The monoisotopic (exact) mass is 310 g/mol. The minimum Gasteiger partial charge on any atom is -0.307 e. The lowest BCUT2D eigenvalue weighted by molar-refractivity contribution is 0.975. The van der Waals surface area contributed by atoms with Gasteiger partial charge in [0.2, 0.25) is 0 Å². The Morgan fingerprint density at radius 1 is 1.15 bits per heavy atom. The van der Waals surface area contributed by atoms with Crippen LogP contribution in [-0.2, 0) is 6.42 Å². The van der Waals surface area contributed by atoms with Gasteiger partial charge >= 0.3 is 0 Å². The molecule has 0 atom stereocenters. The number of H-pyrrole nitrogens is 4.